The quantitative estimate of drug-likeness (QED) is 0.309. The first-order chi connectivity index (χ1) is 15.2. The molecule has 0 aromatic rings. The lowest BCUT2D eigenvalue weighted by molar-refractivity contribution is -0.555. The third kappa shape index (κ3) is 4.33. The highest BCUT2D eigenvalue weighted by molar-refractivity contribution is 5.94. The maximum Gasteiger partial charge on any atom is 0.236 e. The van der Waals surface area contributed by atoms with Crippen LogP contribution in [0.25, 0.3) is 0 Å². The molecule has 0 radical (unpaired) electrons. The molecule has 180 valence electrons. The van der Waals surface area contributed by atoms with Gasteiger partial charge in [-0.25, -0.2) is 9.78 Å². The molecule has 4 fully saturated rings. The summed E-state index contributed by atoms with van der Waals surface area (Å²) in [7, 11) is 0. The molecule has 3 saturated heterocycles. The van der Waals surface area contributed by atoms with E-state index >= 15 is 0 Å². The predicted octanol–water partition coefficient (Wildman–Crippen LogP) is 6.63. The van der Waals surface area contributed by atoms with Gasteiger partial charge in [-0.2, -0.15) is 0 Å². The van der Waals surface area contributed by atoms with Gasteiger partial charge < -0.3 is 9.47 Å². The molecule has 0 aromatic heterocycles. The fraction of sp³-hybridized carbons (Fsp3) is 0.815. The first kappa shape index (κ1) is 24.0. The summed E-state index contributed by atoms with van der Waals surface area (Å²) in [6.07, 6.45) is 10.4. The number of allylic oxidation sites excluding steroid dienone is 3. The normalized spacial score (nSPS) is 39.1. The van der Waals surface area contributed by atoms with Crippen LogP contribution < -0.4 is 0 Å². The lowest BCUT2D eigenvalue weighted by Crippen LogP contribution is -2.66. The zero-order valence-electron chi connectivity index (χ0n) is 20.9. The molecule has 1 aliphatic carbocycles. The van der Waals surface area contributed by atoms with Crippen LogP contribution in [0.5, 0.6) is 0 Å². The van der Waals surface area contributed by atoms with Crippen molar-refractivity contribution in [2.75, 3.05) is 0 Å². The zero-order chi connectivity index (χ0) is 23.1. The van der Waals surface area contributed by atoms with Crippen molar-refractivity contribution >= 4 is 5.78 Å². The van der Waals surface area contributed by atoms with E-state index in [1.54, 1.807) is 0 Å². The third-order valence-electron chi connectivity index (χ3n) is 8.39. The number of hydrogen-bond donors (Lipinski definition) is 0. The average molecular weight is 447 g/mol. The highest BCUT2D eigenvalue weighted by Gasteiger charge is 2.68. The minimum absolute atomic E-state index is 0.104. The molecule has 0 amide bonds. The molecule has 0 unspecified atom stereocenters. The van der Waals surface area contributed by atoms with Gasteiger partial charge in [0.05, 0.1) is 0 Å². The summed E-state index contributed by atoms with van der Waals surface area (Å²) in [5.41, 5.74) is 1.76. The van der Waals surface area contributed by atoms with Gasteiger partial charge in [0.25, 0.3) is 0 Å². The number of hydrogen-bond acceptors (Lipinski definition) is 5. The maximum absolute atomic E-state index is 13.2. The van der Waals surface area contributed by atoms with Crippen LogP contribution in [-0.4, -0.2) is 23.5 Å². The van der Waals surface area contributed by atoms with Gasteiger partial charge in [0, 0.05) is 24.7 Å². The van der Waals surface area contributed by atoms with Crippen LogP contribution in [0.2, 0.25) is 0 Å². The van der Waals surface area contributed by atoms with Gasteiger partial charge >= 0.3 is 0 Å². The molecule has 5 nitrogen and oxygen atoms in total. The number of Topliss-reactive ketones (excluding diaryl/α,β-unsaturated/α-hetero) is 1. The predicted molar refractivity (Wildman–Crippen MR) is 123 cm³/mol. The van der Waals surface area contributed by atoms with Crippen molar-refractivity contribution in [2.45, 2.75) is 117 Å². The van der Waals surface area contributed by atoms with Crippen molar-refractivity contribution in [1.82, 2.24) is 0 Å². The Kier molecular flexibility index (Phi) is 6.91. The second-order valence-corrected chi connectivity index (χ2v) is 11.3. The minimum Gasteiger partial charge on any atom is -0.458 e. The summed E-state index contributed by atoms with van der Waals surface area (Å²) in [6, 6.07) is 0. The van der Waals surface area contributed by atoms with Crippen LogP contribution >= 0.6 is 0 Å². The number of ether oxygens (including phenoxy) is 2. The van der Waals surface area contributed by atoms with E-state index in [1.807, 2.05) is 6.92 Å². The maximum atomic E-state index is 13.2. The summed E-state index contributed by atoms with van der Waals surface area (Å²) >= 11 is 0. The molecule has 32 heavy (non-hydrogen) atoms. The Morgan fingerprint density at radius 1 is 1.19 bits per heavy atom. The van der Waals surface area contributed by atoms with Crippen molar-refractivity contribution in [3.63, 3.8) is 0 Å². The molecule has 1 saturated carbocycles. The van der Waals surface area contributed by atoms with E-state index in [0.29, 0.717) is 29.9 Å². The van der Waals surface area contributed by atoms with E-state index in [1.165, 1.54) is 12.0 Å². The molecule has 5 aliphatic rings. The molecular formula is C27H42O5. The number of fused-ring (bicyclic) bond motifs is 2. The molecule has 0 N–H and O–H groups in total. The molecule has 0 aromatic carbocycles. The van der Waals surface area contributed by atoms with Crippen molar-refractivity contribution in [3.8, 4) is 0 Å². The minimum atomic E-state index is -0.808. The van der Waals surface area contributed by atoms with Gasteiger partial charge in [0.15, 0.2) is 17.1 Å². The van der Waals surface area contributed by atoms with E-state index in [4.69, 9.17) is 19.2 Å². The van der Waals surface area contributed by atoms with Gasteiger partial charge in [-0.3, -0.25) is 4.79 Å². The van der Waals surface area contributed by atoms with E-state index in [2.05, 4.69) is 40.7 Å². The van der Waals surface area contributed by atoms with Crippen LogP contribution in [0.4, 0.5) is 0 Å². The van der Waals surface area contributed by atoms with E-state index < -0.39 is 17.7 Å². The van der Waals surface area contributed by atoms with Gasteiger partial charge in [-0.05, 0) is 83.6 Å². The molecule has 2 bridgehead atoms. The number of carbonyl (C=O) groups is 1. The van der Waals surface area contributed by atoms with E-state index in [-0.39, 0.29) is 11.7 Å². The van der Waals surface area contributed by atoms with Gasteiger partial charge in [-0.1, -0.05) is 31.9 Å². The number of carbonyl (C=O) groups excluding carboxylic acids is 1. The summed E-state index contributed by atoms with van der Waals surface area (Å²) < 4.78 is 12.7. The molecular weight excluding hydrogens is 404 g/mol. The topological polar surface area (TPSA) is 54.0 Å². The first-order valence-corrected chi connectivity index (χ1v) is 12.7. The average Bonchev–Trinajstić information content (AvgIpc) is 2.96. The van der Waals surface area contributed by atoms with Crippen molar-refractivity contribution in [2.24, 2.45) is 23.7 Å². The van der Waals surface area contributed by atoms with E-state index in [0.717, 1.165) is 50.5 Å². The Morgan fingerprint density at radius 3 is 2.72 bits per heavy atom. The smallest absolute Gasteiger partial charge is 0.236 e. The lowest BCUT2D eigenvalue weighted by Gasteiger charge is -2.57. The highest BCUT2D eigenvalue weighted by Crippen LogP contribution is 2.60. The van der Waals surface area contributed by atoms with Gasteiger partial charge in [-0.15, -0.1) is 0 Å². The Bertz CT molecular complexity index is 781. The van der Waals surface area contributed by atoms with Crippen molar-refractivity contribution in [3.05, 3.63) is 23.0 Å². The Balaban J connectivity index is 1.45. The first-order valence-electron chi connectivity index (χ1n) is 12.7. The fourth-order valence-corrected chi connectivity index (χ4v) is 6.42. The second kappa shape index (κ2) is 9.23. The molecule has 7 atom stereocenters. The van der Waals surface area contributed by atoms with Crippen LogP contribution in [-0.2, 0) is 24.0 Å². The molecule has 4 aliphatic heterocycles. The molecule has 5 rings (SSSR count). The zero-order valence-corrected chi connectivity index (χ0v) is 20.9. The van der Waals surface area contributed by atoms with Crippen LogP contribution in [0.15, 0.2) is 23.0 Å². The number of rotatable bonds is 8. The highest BCUT2D eigenvalue weighted by atomic mass is 17.3. The fourth-order valence-electron chi connectivity index (χ4n) is 6.42. The molecule has 5 heteroatoms. The molecule has 4 heterocycles. The Morgan fingerprint density at radius 2 is 1.97 bits per heavy atom. The largest absolute Gasteiger partial charge is 0.458 e. The summed E-state index contributed by atoms with van der Waals surface area (Å²) in [4.78, 5) is 25.2. The lowest BCUT2D eigenvalue weighted by atomic mass is 9.59. The van der Waals surface area contributed by atoms with E-state index in [9.17, 15) is 4.79 Å². The molecule has 1 spiro atoms. The van der Waals surface area contributed by atoms with Crippen LogP contribution in [0.1, 0.15) is 99.3 Å². The van der Waals surface area contributed by atoms with Crippen LogP contribution in [0.3, 0.4) is 0 Å². The van der Waals surface area contributed by atoms with Crippen LogP contribution in [0, 0.1) is 23.7 Å². The Labute approximate surface area is 193 Å². The monoisotopic (exact) mass is 446 g/mol. The summed E-state index contributed by atoms with van der Waals surface area (Å²) in [5, 5.41) is 0. The van der Waals surface area contributed by atoms with Gasteiger partial charge in [0.1, 0.15) is 0 Å². The summed E-state index contributed by atoms with van der Waals surface area (Å²) in [6.45, 7) is 12.8. The third-order valence-corrected chi connectivity index (χ3v) is 8.39. The van der Waals surface area contributed by atoms with Crippen molar-refractivity contribution in [1.29, 1.82) is 0 Å². The Hall–Kier alpha value is -1.17. The standard InChI is InChI=1S/C27H42O5/c1-17(2)9-7-10-18(3)11-8-12-23(28)24-20(5)22-14-13-19(4)21-15-16-26(6)30-25(29-24)27(21,22)32-31-26/h9,18-19,21-22,25H,7-8,10-16H2,1-6H3/t18-,19+,21-,22-,25+,26+,27+/m0/s1. The number of ketones is 1. The van der Waals surface area contributed by atoms with Crippen molar-refractivity contribution < 1.29 is 24.0 Å². The second-order valence-electron chi connectivity index (χ2n) is 11.3. The van der Waals surface area contributed by atoms with Gasteiger partial charge in [0.2, 0.25) is 12.1 Å². The summed E-state index contributed by atoms with van der Waals surface area (Å²) in [5.74, 6) is 1.38. The SMILES string of the molecule is CC(C)=CCC[C@H](C)CCCC(=O)C1=C(C)[C@@H]2CC[C@@H](C)[C@@H]3CC[C@@]4(C)OO[C@@]23[C@H](O1)O4.